The summed E-state index contributed by atoms with van der Waals surface area (Å²) in [7, 11) is 1.98. The van der Waals surface area contributed by atoms with Gasteiger partial charge in [0, 0.05) is 19.4 Å². The van der Waals surface area contributed by atoms with Crippen LogP contribution < -0.4 is 10.1 Å². The highest BCUT2D eigenvalue weighted by Gasteiger charge is 2.06. The van der Waals surface area contributed by atoms with E-state index >= 15 is 0 Å². The van der Waals surface area contributed by atoms with Crippen molar-refractivity contribution in [2.75, 3.05) is 11.9 Å². The van der Waals surface area contributed by atoms with E-state index in [-0.39, 0.29) is 0 Å². The van der Waals surface area contributed by atoms with Crippen LogP contribution >= 0.6 is 11.3 Å². The van der Waals surface area contributed by atoms with Gasteiger partial charge >= 0.3 is 0 Å². The number of hydrogen-bond acceptors (Lipinski definition) is 5. The van der Waals surface area contributed by atoms with Crippen LogP contribution in [-0.2, 0) is 13.6 Å². The Morgan fingerprint density at radius 1 is 1.40 bits per heavy atom. The van der Waals surface area contributed by atoms with Crippen molar-refractivity contribution in [1.29, 1.82) is 0 Å². The zero-order chi connectivity index (χ0) is 13.9. The summed E-state index contributed by atoms with van der Waals surface area (Å²) >= 11 is 1.63. The summed E-state index contributed by atoms with van der Waals surface area (Å²) in [4.78, 5) is 8.84. The van der Waals surface area contributed by atoms with Gasteiger partial charge in [0.15, 0.2) is 5.13 Å². The minimum absolute atomic E-state index is 0.668. The molecule has 5 nitrogen and oxygen atoms in total. The van der Waals surface area contributed by atoms with E-state index in [2.05, 4.69) is 15.3 Å². The zero-order valence-corrected chi connectivity index (χ0v) is 12.3. The Morgan fingerprint density at radius 3 is 3.05 bits per heavy atom. The Bertz CT molecular complexity index is 719. The Kier molecular flexibility index (Phi) is 3.56. The smallest absolute Gasteiger partial charge is 0.184 e. The minimum Gasteiger partial charge on any atom is -0.494 e. The fourth-order valence-electron chi connectivity index (χ4n) is 1.96. The number of imidazole rings is 1. The summed E-state index contributed by atoms with van der Waals surface area (Å²) in [6, 6.07) is 5.97. The lowest BCUT2D eigenvalue weighted by atomic mass is 10.3. The molecule has 2 heterocycles. The van der Waals surface area contributed by atoms with Crippen LogP contribution in [0.2, 0.25) is 0 Å². The number of thiazole rings is 1. The molecule has 1 aromatic carbocycles. The normalized spacial score (nSPS) is 10.9. The molecule has 104 valence electrons. The van der Waals surface area contributed by atoms with Gasteiger partial charge in [0.25, 0.3) is 0 Å². The van der Waals surface area contributed by atoms with Crippen LogP contribution in [0.5, 0.6) is 5.75 Å². The molecule has 0 amide bonds. The number of benzene rings is 1. The number of anilines is 1. The maximum Gasteiger partial charge on any atom is 0.184 e. The zero-order valence-electron chi connectivity index (χ0n) is 11.5. The highest BCUT2D eigenvalue weighted by molar-refractivity contribution is 7.22. The molecule has 0 atom stereocenters. The third-order valence-electron chi connectivity index (χ3n) is 2.99. The summed E-state index contributed by atoms with van der Waals surface area (Å²) in [6.07, 6.45) is 3.73. The van der Waals surface area contributed by atoms with Crippen LogP contribution in [-0.4, -0.2) is 21.1 Å². The molecule has 3 rings (SSSR count). The molecule has 2 aromatic heterocycles. The third-order valence-corrected chi connectivity index (χ3v) is 3.97. The van der Waals surface area contributed by atoms with Crippen molar-refractivity contribution in [1.82, 2.24) is 14.5 Å². The van der Waals surface area contributed by atoms with Crippen molar-refractivity contribution in [2.45, 2.75) is 13.5 Å². The number of nitrogens with one attached hydrogen (secondary N) is 1. The third kappa shape index (κ3) is 2.60. The summed E-state index contributed by atoms with van der Waals surface area (Å²) in [5, 5.41) is 4.21. The molecule has 0 aliphatic carbocycles. The quantitative estimate of drug-likeness (QED) is 0.784. The van der Waals surface area contributed by atoms with E-state index in [9.17, 15) is 0 Å². The lowest BCUT2D eigenvalue weighted by molar-refractivity contribution is 0.341. The predicted octanol–water partition coefficient (Wildman–Crippen LogP) is 3.04. The van der Waals surface area contributed by atoms with Gasteiger partial charge in [-0.25, -0.2) is 9.97 Å². The van der Waals surface area contributed by atoms with Crippen molar-refractivity contribution in [3.8, 4) is 5.75 Å². The van der Waals surface area contributed by atoms with E-state index in [0.717, 1.165) is 26.9 Å². The molecular formula is C14H16N4OS. The number of hydrogen-bond donors (Lipinski definition) is 1. The minimum atomic E-state index is 0.668. The molecule has 3 aromatic rings. The maximum atomic E-state index is 5.50. The topological polar surface area (TPSA) is 52.0 Å². The lowest BCUT2D eigenvalue weighted by Gasteiger charge is -2.01. The first-order valence-corrected chi connectivity index (χ1v) is 7.31. The van der Waals surface area contributed by atoms with Crippen molar-refractivity contribution < 1.29 is 4.74 Å². The van der Waals surface area contributed by atoms with Gasteiger partial charge in [-0.05, 0) is 25.1 Å². The van der Waals surface area contributed by atoms with E-state index in [1.165, 1.54) is 0 Å². The summed E-state index contributed by atoms with van der Waals surface area (Å²) < 4.78 is 8.62. The lowest BCUT2D eigenvalue weighted by Crippen LogP contribution is -2.05. The SMILES string of the molecule is CCOc1ccc2nc(NCc3nccn3C)sc2c1. The van der Waals surface area contributed by atoms with Gasteiger partial charge in [-0.2, -0.15) is 0 Å². The van der Waals surface area contributed by atoms with Gasteiger partial charge in [-0.15, -0.1) is 0 Å². The van der Waals surface area contributed by atoms with E-state index in [0.29, 0.717) is 13.2 Å². The molecule has 0 unspecified atom stereocenters. The van der Waals surface area contributed by atoms with Crippen LogP contribution in [0.1, 0.15) is 12.7 Å². The van der Waals surface area contributed by atoms with Crippen molar-refractivity contribution in [2.24, 2.45) is 7.05 Å². The van der Waals surface area contributed by atoms with Crippen molar-refractivity contribution in [3.63, 3.8) is 0 Å². The number of aryl methyl sites for hydroxylation is 1. The van der Waals surface area contributed by atoms with Crippen LogP contribution in [0.3, 0.4) is 0 Å². The van der Waals surface area contributed by atoms with Gasteiger partial charge < -0.3 is 14.6 Å². The fraction of sp³-hybridized carbons (Fsp3) is 0.286. The van der Waals surface area contributed by atoms with E-state index in [1.54, 1.807) is 17.5 Å². The Balaban J connectivity index is 1.77. The predicted molar refractivity (Wildman–Crippen MR) is 81.3 cm³/mol. The van der Waals surface area contributed by atoms with E-state index < -0.39 is 0 Å². The highest BCUT2D eigenvalue weighted by atomic mass is 32.1. The molecule has 0 spiro atoms. The highest BCUT2D eigenvalue weighted by Crippen LogP contribution is 2.29. The molecule has 6 heteroatoms. The van der Waals surface area contributed by atoms with Crippen LogP contribution in [0.4, 0.5) is 5.13 Å². The van der Waals surface area contributed by atoms with Gasteiger partial charge in [0.1, 0.15) is 11.6 Å². The number of rotatable bonds is 5. The number of ether oxygens (including phenoxy) is 1. The molecule has 1 N–H and O–H groups in total. The molecule has 0 aliphatic rings. The summed E-state index contributed by atoms with van der Waals surface area (Å²) in [6.45, 7) is 3.33. The Hall–Kier alpha value is -2.08. The van der Waals surface area contributed by atoms with Crippen molar-refractivity contribution >= 4 is 26.7 Å². The molecule has 0 aliphatic heterocycles. The van der Waals surface area contributed by atoms with Gasteiger partial charge in [0.05, 0.1) is 23.4 Å². The largest absolute Gasteiger partial charge is 0.494 e. The monoisotopic (exact) mass is 288 g/mol. The van der Waals surface area contributed by atoms with E-state index in [4.69, 9.17) is 4.74 Å². The van der Waals surface area contributed by atoms with Gasteiger partial charge in [0.2, 0.25) is 0 Å². The molecule has 0 saturated heterocycles. The molecule has 0 radical (unpaired) electrons. The van der Waals surface area contributed by atoms with E-state index in [1.807, 2.05) is 42.9 Å². The first-order valence-electron chi connectivity index (χ1n) is 6.49. The second-order valence-electron chi connectivity index (χ2n) is 4.39. The van der Waals surface area contributed by atoms with Crippen molar-refractivity contribution in [3.05, 3.63) is 36.4 Å². The molecule has 20 heavy (non-hydrogen) atoms. The van der Waals surface area contributed by atoms with Gasteiger partial charge in [-0.1, -0.05) is 11.3 Å². The molecule has 0 bridgehead atoms. The maximum absolute atomic E-state index is 5.50. The Morgan fingerprint density at radius 2 is 2.30 bits per heavy atom. The first-order chi connectivity index (χ1) is 9.76. The Labute approximate surface area is 121 Å². The average molecular weight is 288 g/mol. The average Bonchev–Trinajstić information content (AvgIpc) is 3.02. The first kappa shape index (κ1) is 12.9. The molecular weight excluding hydrogens is 272 g/mol. The fourth-order valence-corrected chi connectivity index (χ4v) is 2.85. The summed E-state index contributed by atoms with van der Waals surface area (Å²) in [5.74, 6) is 1.87. The van der Waals surface area contributed by atoms with Crippen LogP contribution in [0.25, 0.3) is 10.2 Å². The van der Waals surface area contributed by atoms with Gasteiger partial charge in [-0.3, -0.25) is 0 Å². The second-order valence-corrected chi connectivity index (χ2v) is 5.42. The number of fused-ring (bicyclic) bond motifs is 1. The van der Waals surface area contributed by atoms with Crippen LogP contribution in [0.15, 0.2) is 30.6 Å². The molecule has 0 fully saturated rings. The number of nitrogens with zero attached hydrogens (tertiary/aromatic N) is 3. The standard InChI is InChI=1S/C14H16N4OS/c1-3-19-10-4-5-11-12(8-10)20-14(17-11)16-9-13-15-6-7-18(13)2/h4-8H,3,9H2,1-2H3,(H,16,17). The summed E-state index contributed by atoms with van der Waals surface area (Å²) in [5.41, 5.74) is 0.987. The second kappa shape index (κ2) is 5.50. The number of aromatic nitrogens is 3. The molecule has 0 saturated carbocycles. The van der Waals surface area contributed by atoms with Crippen LogP contribution in [0, 0.1) is 0 Å².